The van der Waals surface area contributed by atoms with Crippen LogP contribution in [0.2, 0.25) is 0 Å². The van der Waals surface area contributed by atoms with Crippen LogP contribution in [0.5, 0.6) is 0 Å². The zero-order valence-electron chi connectivity index (χ0n) is 13.6. The Labute approximate surface area is 142 Å². The number of piperidine rings is 1. The van der Waals surface area contributed by atoms with Crippen LogP contribution in [0.3, 0.4) is 0 Å². The lowest BCUT2D eigenvalue weighted by atomic mass is 10.1. The summed E-state index contributed by atoms with van der Waals surface area (Å²) >= 11 is 0. The molecule has 1 aliphatic heterocycles. The molecule has 0 bridgehead atoms. The van der Waals surface area contributed by atoms with Gasteiger partial charge in [0.2, 0.25) is 26.0 Å². The van der Waals surface area contributed by atoms with Crippen molar-refractivity contribution in [1.29, 1.82) is 0 Å². The van der Waals surface area contributed by atoms with Gasteiger partial charge in [-0.2, -0.15) is 0 Å². The van der Waals surface area contributed by atoms with Gasteiger partial charge in [0.1, 0.15) is 16.3 Å². The average molecular weight is 378 g/mol. The fraction of sp³-hybridized carbons (Fsp3) is 0.615. The van der Waals surface area contributed by atoms with Crippen LogP contribution in [0.1, 0.15) is 19.3 Å². The molecule has 2 rings (SSSR count). The van der Waals surface area contributed by atoms with Crippen LogP contribution < -0.4 is 9.44 Å². The molecule has 1 aliphatic rings. The Morgan fingerprint density at radius 1 is 0.958 bits per heavy atom. The molecule has 1 aromatic heterocycles. The minimum absolute atomic E-state index is 0.106. The van der Waals surface area contributed by atoms with Crippen molar-refractivity contribution in [3.63, 3.8) is 0 Å². The molecule has 1 aromatic rings. The maximum atomic E-state index is 12.3. The number of rotatable bonds is 6. The Morgan fingerprint density at radius 2 is 1.42 bits per heavy atom. The predicted molar refractivity (Wildman–Crippen MR) is 87.4 cm³/mol. The third-order valence-corrected chi connectivity index (χ3v) is 6.96. The Hall–Kier alpha value is -1.43. The molecule has 0 atom stereocenters. The molecule has 0 saturated carbocycles. The highest BCUT2D eigenvalue weighted by atomic mass is 32.2. The number of sulfonamides is 2. The Balaban J connectivity index is 2.35. The largest absolute Gasteiger partial charge is 0.342 e. The first-order valence-corrected chi connectivity index (χ1v) is 10.5. The van der Waals surface area contributed by atoms with Crippen molar-refractivity contribution < 1.29 is 21.6 Å². The summed E-state index contributed by atoms with van der Waals surface area (Å²) in [6.45, 7) is 1.23. The van der Waals surface area contributed by atoms with Gasteiger partial charge in [0.15, 0.2) is 0 Å². The molecule has 0 unspecified atom stereocenters. The van der Waals surface area contributed by atoms with Crippen molar-refractivity contribution in [2.45, 2.75) is 35.6 Å². The van der Waals surface area contributed by atoms with Crippen LogP contribution in [0, 0.1) is 0 Å². The van der Waals surface area contributed by atoms with Crippen LogP contribution in [-0.4, -0.2) is 59.4 Å². The molecule has 136 valence electrons. The van der Waals surface area contributed by atoms with E-state index in [4.69, 9.17) is 0 Å². The summed E-state index contributed by atoms with van der Waals surface area (Å²) in [5, 5.41) is 0. The first-order chi connectivity index (χ1) is 11.2. The number of nitrogens with zero attached hydrogens (tertiary/aromatic N) is 2. The van der Waals surface area contributed by atoms with Gasteiger partial charge < -0.3 is 9.47 Å². The van der Waals surface area contributed by atoms with E-state index in [0.717, 1.165) is 31.7 Å². The number of nitrogens with one attached hydrogen (secondary N) is 2. The molecule has 2 N–H and O–H groups in total. The van der Waals surface area contributed by atoms with E-state index in [0.29, 0.717) is 13.1 Å². The monoisotopic (exact) mass is 378 g/mol. The van der Waals surface area contributed by atoms with E-state index in [-0.39, 0.29) is 22.2 Å². The zero-order chi connectivity index (χ0) is 18.0. The maximum Gasteiger partial charge on any atom is 0.243 e. The van der Waals surface area contributed by atoms with Crippen molar-refractivity contribution in [3.8, 4) is 0 Å². The first kappa shape index (κ1) is 18.9. The second kappa shape index (κ2) is 7.21. The number of aromatic nitrogens is 1. The average Bonchev–Trinajstić information content (AvgIpc) is 3.01. The summed E-state index contributed by atoms with van der Waals surface area (Å²) in [6, 6.07) is 0. The molecular weight excluding hydrogens is 356 g/mol. The van der Waals surface area contributed by atoms with E-state index in [1.807, 2.05) is 0 Å². The van der Waals surface area contributed by atoms with Gasteiger partial charge in [-0.1, -0.05) is 0 Å². The van der Waals surface area contributed by atoms with E-state index < -0.39 is 20.0 Å². The summed E-state index contributed by atoms with van der Waals surface area (Å²) in [5.41, 5.74) is 0. The molecule has 0 aromatic carbocycles. The molecule has 0 spiro atoms. The summed E-state index contributed by atoms with van der Waals surface area (Å²) in [7, 11) is -5.56. The van der Waals surface area contributed by atoms with E-state index in [1.165, 1.54) is 18.7 Å². The van der Waals surface area contributed by atoms with Crippen LogP contribution in [-0.2, 0) is 31.4 Å². The highest BCUT2D eigenvalue weighted by molar-refractivity contribution is 7.92. The zero-order valence-corrected chi connectivity index (χ0v) is 15.3. The maximum absolute atomic E-state index is 12.3. The number of hydrogen-bond acceptors (Lipinski definition) is 5. The van der Waals surface area contributed by atoms with Gasteiger partial charge >= 0.3 is 0 Å². The predicted octanol–water partition coefficient (Wildman–Crippen LogP) is -0.683. The van der Waals surface area contributed by atoms with Crippen LogP contribution in [0.25, 0.3) is 0 Å². The lowest BCUT2D eigenvalue weighted by molar-refractivity contribution is -0.132. The number of carbonyl (C=O) groups is 1. The molecular formula is C13H22N4O5S2. The van der Waals surface area contributed by atoms with Gasteiger partial charge in [0.25, 0.3) is 0 Å². The second-order valence-corrected chi connectivity index (χ2v) is 9.23. The van der Waals surface area contributed by atoms with Crippen molar-refractivity contribution in [2.75, 3.05) is 27.2 Å². The van der Waals surface area contributed by atoms with Gasteiger partial charge in [0, 0.05) is 25.5 Å². The molecule has 1 amide bonds. The molecule has 9 nitrogen and oxygen atoms in total. The first-order valence-electron chi connectivity index (χ1n) is 7.56. The number of hydrogen-bond donors (Lipinski definition) is 2. The minimum Gasteiger partial charge on any atom is -0.342 e. The quantitative estimate of drug-likeness (QED) is 0.680. The Morgan fingerprint density at radius 3 is 1.83 bits per heavy atom. The van der Waals surface area contributed by atoms with Gasteiger partial charge in [-0.05, 0) is 33.4 Å². The van der Waals surface area contributed by atoms with Crippen molar-refractivity contribution in [2.24, 2.45) is 0 Å². The fourth-order valence-corrected chi connectivity index (χ4v) is 4.86. The van der Waals surface area contributed by atoms with Crippen LogP contribution >= 0.6 is 0 Å². The summed E-state index contributed by atoms with van der Waals surface area (Å²) in [6.07, 6.45) is 5.30. The van der Waals surface area contributed by atoms with E-state index >= 15 is 0 Å². The van der Waals surface area contributed by atoms with Crippen LogP contribution in [0.4, 0.5) is 0 Å². The van der Waals surface area contributed by atoms with E-state index in [2.05, 4.69) is 9.44 Å². The van der Waals surface area contributed by atoms with Gasteiger partial charge in [-0.25, -0.2) is 26.3 Å². The Bertz CT molecular complexity index is 756. The summed E-state index contributed by atoms with van der Waals surface area (Å²) in [5.74, 6) is -0.161. The number of likely N-dealkylation sites (tertiary alicyclic amines) is 1. The summed E-state index contributed by atoms with van der Waals surface area (Å²) in [4.78, 5) is 13.2. The molecule has 2 heterocycles. The normalized spacial score (nSPS) is 16.3. The third-order valence-electron chi connectivity index (χ3n) is 3.95. The molecule has 0 aliphatic carbocycles. The lowest BCUT2D eigenvalue weighted by Gasteiger charge is -2.26. The SMILES string of the molecule is CNS(=O)(=O)c1cn(CC(=O)N2CCCCC2)cc1S(=O)(=O)NC. The van der Waals surface area contributed by atoms with Crippen molar-refractivity contribution in [1.82, 2.24) is 18.9 Å². The highest BCUT2D eigenvalue weighted by Crippen LogP contribution is 2.22. The van der Waals surface area contributed by atoms with Gasteiger partial charge in [-0.3, -0.25) is 4.79 Å². The number of amides is 1. The van der Waals surface area contributed by atoms with Gasteiger partial charge in [-0.15, -0.1) is 0 Å². The second-order valence-electron chi connectivity index (χ2n) is 5.52. The van der Waals surface area contributed by atoms with Crippen molar-refractivity contribution >= 4 is 26.0 Å². The molecule has 11 heteroatoms. The molecule has 24 heavy (non-hydrogen) atoms. The minimum atomic E-state index is -3.98. The molecule has 0 radical (unpaired) electrons. The van der Waals surface area contributed by atoms with Crippen LogP contribution in [0.15, 0.2) is 22.2 Å². The fourth-order valence-electron chi connectivity index (χ4n) is 2.58. The smallest absolute Gasteiger partial charge is 0.243 e. The van der Waals surface area contributed by atoms with E-state index in [1.54, 1.807) is 4.90 Å². The van der Waals surface area contributed by atoms with E-state index in [9.17, 15) is 21.6 Å². The topological polar surface area (TPSA) is 118 Å². The number of carbonyl (C=O) groups excluding carboxylic acids is 1. The third kappa shape index (κ3) is 3.97. The molecule has 1 saturated heterocycles. The lowest BCUT2D eigenvalue weighted by Crippen LogP contribution is -2.37. The molecule has 1 fully saturated rings. The Kier molecular flexibility index (Phi) is 5.68. The standard InChI is InChI=1S/C13H22N4O5S2/c1-14-23(19,20)11-8-16(9-12(11)24(21,22)15-2)10-13(18)17-6-4-3-5-7-17/h8-9,14-15H,3-7,10H2,1-2H3. The van der Waals surface area contributed by atoms with Gasteiger partial charge in [0.05, 0.1) is 0 Å². The summed E-state index contributed by atoms with van der Waals surface area (Å²) < 4.78 is 53.8. The highest BCUT2D eigenvalue weighted by Gasteiger charge is 2.28. The van der Waals surface area contributed by atoms with Crippen molar-refractivity contribution in [3.05, 3.63) is 12.4 Å².